The van der Waals surface area contributed by atoms with Gasteiger partial charge >= 0.3 is 0 Å². The van der Waals surface area contributed by atoms with Gasteiger partial charge in [0.05, 0.1) is 4.92 Å². The quantitative estimate of drug-likeness (QED) is 0.390. The van der Waals surface area contributed by atoms with Gasteiger partial charge in [0.25, 0.3) is 5.69 Å². The number of amides is 1. The van der Waals surface area contributed by atoms with Crippen LogP contribution in [-0.4, -0.2) is 10.8 Å². The molecule has 6 nitrogen and oxygen atoms in total. The second-order valence-electron chi connectivity index (χ2n) is 4.30. The molecule has 0 radical (unpaired) electrons. The lowest BCUT2D eigenvalue weighted by atomic mass is 10.2. The number of nitro benzene ring substituents is 1. The van der Waals surface area contributed by atoms with Gasteiger partial charge in [-0.15, -0.1) is 0 Å². The Bertz CT molecular complexity index is 711. The molecule has 2 rings (SSSR count). The fourth-order valence-electron chi connectivity index (χ4n) is 1.72. The molecule has 3 N–H and O–H groups in total. The third-order valence-electron chi connectivity index (χ3n) is 2.66. The fourth-order valence-corrected chi connectivity index (χ4v) is 1.72. The molecule has 106 valence electrons. The van der Waals surface area contributed by atoms with Gasteiger partial charge < -0.3 is 11.1 Å². The highest BCUT2D eigenvalue weighted by Crippen LogP contribution is 2.17. The number of non-ortho nitro benzene ring substituents is 1. The first kappa shape index (κ1) is 14.3. The summed E-state index contributed by atoms with van der Waals surface area (Å²) >= 11 is 0. The van der Waals surface area contributed by atoms with Crippen LogP contribution in [-0.2, 0) is 4.79 Å². The minimum absolute atomic E-state index is 0.0763. The molecule has 2 aromatic rings. The fraction of sp³-hybridized carbons (Fsp3) is 0. The van der Waals surface area contributed by atoms with Crippen molar-refractivity contribution in [3.63, 3.8) is 0 Å². The normalized spacial score (nSPS) is 10.5. The van der Waals surface area contributed by atoms with Crippen molar-refractivity contribution in [1.29, 1.82) is 0 Å². The van der Waals surface area contributed by atoms with Gasteiger partial charge in [0.1, 0.15) is 0 Å². The number of hydrogen-bond donors (Lipinski definition) is 2. The topological polar surface area (TPSA) is 98.3 Å². The van der Waals surface area contributed by atoms with Crippen LogP contribution in [0.25, 0.3) is 6.08 Å². The van der Waals surface area contributed by atoms with E-state index in [2.05, 4.69) is 5.32 Å². The van der Waals surface area contributed by atoms with Crippen molar-refractivity contribution in [1.82, 2.24) is 0 Å². The summed E-state index contributed by atoms with van der Waals surface area (Å²) in [5, 5.41) is 13.2. The number of nitrogens with two attached hydrogens (primary N) is 1. The van der Waals surface area contributed by atoms with E-state index in [4.69, 9.17) is 5.73 Å². The Morgan fingerprint density at radius 2 is 1.95 bits per heavy atom. The molecule has 0 atom stereocenters. The van der Waals surface area contributed by atoms with E-state index in [1.807, 2.05) is 6.07 Å². The van der Waals surface area contributed by atoms with Crippen molar-refractivity contribution in [2.45, 2.75) is 0 Å². The Morgan fingerprint density at radius 3 is 2.67 bits per heavy atom. The zero-order valence-electron chi connectivity index (χ0n) is 11.0. The van der Waals surface area contributed by atoms with E-state index < -0.39 is 4.92 Å². The summed E-state index contributed by atoms with van der Waals surface area (Å²) in [6.45, 7) is 0. The van der Waals surface area contributed by atoms with Gasteiger partial charge in [-0.3, -0.25) is 14.9 Å². The van der Waals surface area contributed by atoms with E-state index in [0.717, 1.165) is 5.56 Å². The standard InChI is InChI=1S/C15H13N3O3/c16-12-4-1-3-11(9-12)7-8-15(19)17-13-5-2-6-14(10-13)18(20)21/h1-10H,16H2,(H,17,19)/b8-7+. The van der Waals surface area contributed by atoms with Crippen molar-refractivity contribution in [3.8, 4) is 0 Å². The second-order valence-corrected chi connectivity index (χ2v) is 4.30. The van der Waals surface area contributed by atoms with Gasteiger partial charge in [-0.2, -0.15) is 0 Å². The highest BCUT2D eigenvalue weighted by Gasteiger charge is 2.06. The van der Waals surface area contributed by atoms with Crippen LogP contribution >= 0.6 is 0 Å². The Hall–Kier alpha value is -3.15. The highest BCUT2D eigenvalue weighted by atomic mass is 16.6. The summed E-state index contributed by atoms with van der Waals surface area (Å²) in [6, 6.07) is 12.8. The second kappa shape index (κ2) is 6.33. The molecule has 0 aliphatic carbocycles. The molecule has 0 saturated heterocycles. The molecule has 0 heterocycles. The van der Waals surface area contributed by atoms with Crippen LogP contribution in [0.5, 0.6) is 0 Å². The van der Waals surface area contributed by atoms with Crippen LogP contribution < -0.4 is 11.1 Å². The SMILES string of the molecule is Nc1cccc(/C=C/C(=O)Nc2cccc([N+](=O)[O-])c2)c1. The largest absolute Gasteiger partial charge is 0.399 e. The van der Waals surface area contributed by atoms with E-state index in [0.29, 0.717) is 11.4 Å². The zero-order chi connectivity index (χ0) is 15.2. The van der Waals surface area contributed by atoms with E-state index in [1.165, 1.54) is 24.3 Å². The minimum Gasteiger partial charge on any atom is -0.399 e. The van der Waals surface area contributed by atoms with E-state index >= 15 is 0 Å². The third kappa shape index (κ3) is 4.17. The van der Waals surface area contributed by atoms with E-state index in [-0.39, 0.29) is 11.6 Å². The average Bonchev–Trinajstić information content (AvgIpc) is 2.45. The van der Waals surface area contributed by atoms with Gasteiger partial charge in [-0.05, 0) is 29.8 Å². The average molecular weight is 283 g/mol. The first-order chi connectivity index (χ1) is 10.0. The zero-order valence-corrected chi connectivity index (χ0v) is 11.0. The third-order valence-corrected chi connectivity index (χ3v) is 2.66. The van der Waals surface area contributed by atoms with Crippen LogP contribution in [0.2, 0.25) is 0 Å². The summed E-state index contributed by atoms with van der Waals surface area (Å²) in [4.78, 5) is 21.9. The number of carbonyl (C=O) groups excluding carboxylic acids is 1. The number of nitro groups is 1. The molecule has 0 spiro atoms. The maximum absolute atomic E-state index is 11.8. The molecule has 0 bridgehead atoms. The van der Waals surface area contributed by atoms with Gasteiger partial charge in [-0.25, -0.2) is 0 Å². The predicted octanol–water partition coefficient (Wildman–Crippen LogP) is 2.83. The van der Waals surface area contributed by atoms with Crippen molar-refractivity contribution in [2.75, 3.05) is 11.1 Å². The molecule has 0 aliphatic rings. The molecule has 0 aromatic heterocycles. The number of rotatable bonds is 4. The van der Waals surface area contributed by atoms with Crippen LogP contribution in [0.15, 0.2) is 54.6 Å². The highest BCUT2D eigenvalue weighted by molar-refractivity contribution is 6.02. The van der Waals surface area contributed by atoms with E-state index in [9.17, 15) is 14.9 Å². The minimum atomic E-state index is -0.516. The predicted molar refractivity (Wildman–Crippen MR) is 81.6 cm³/mol. The number of nitrogens with zero attached hydrogens (tertiary/aromatic N) is 1. The summed E-state index contributed by atoms with van der Waals surface area (Å²) in [5.74, 6) is -0.377. The Kier molecular flexibility index (Phi) is 4.30. The molecule has 1 amide bonds. The Labute approximate surface area is 121 Å². The van der Waals surface area contributed by atoms with Crippen LogP contribution in [0.4, 0.5) is 17.1 Å². The van der Waals surface area contributed by atoms with Gasteiger partial charge in [0.2, 0.25) is 5.91 Å². The van der Waals surface area contributed by atoms with Crippen LogP contribution in [0.3, 0.4) is 0 Å². The first-order valence-corrected chi connectivity index (χ1v) is 6.13. The molecule has 6 heteroatoms. The number of benzene rings is 2. The molecule has 0 aliphatic heterocycles. The maximum atomic E-state index is 11.8. The van der Waals surface area contributed by atoms with Gasteiger partial charge in [0.15, 0.2) is 0 Å². The lowest BCUT2D eigenvalue weighted by Gasteiger charge is -2.01. The monoisotopic (exact) mass is 283 g/mol. The number of anilines is 2. The first-order valence-electron chi connectivity index (χ1n) is 6.13. The smallest absolute Gasteiger partial charge is 0.271 e. The lowest BCUT2D eigenvalue weighted by molar-refractivity contribution is -0.384. The maximum Gasteiger partial charge on any atom is 0.271 e. The molecule has 0 fully saturated rings. The van der Waals surface area contributed by atoms with Crippen molar-refractivity contribution in [3.05, 3.63) is 70.3 Å². The van der Waals surface area contributed by atoms with Crippen LogP contribution in [0.1, 0.15) is 5.56 Å². The van der Waals surface area contributed by atoms with Gasteiger partial charge in [-0.1, -0.05) is 18.2 Å². The number of nitrogen functional groups attached to an aromatic ring is 1. The number of carbonyl (C=O) groups is 1. The molecule has 21 heavy (non-hydrogen) atoms. The Morgan fingerprint density at radius 1 is 1.19 bits per heavy atom. The molecule has 2 aromatic carbocycles. The van der Waals surface area contributed by atoms with E-state index in [1.54, 1.807) is 30.3 Å². The summed E-state index contributed by atoms with van der Waals surface area (Å²) in [5.41, 5.74) is 7.33. The van der Waals surface area contributed by atoms with Crippen LogP contribution in [0, 0.1) is 10.1 Å². The summed E-state index contributed by atoms with van der Waals surface area (Å²) < 4.78 is 0. The molecule has 0 saturated carbocycles. The molecule has 0 unspecified atom stereocenters. The number of nitrogens with one attached hydrogen (secondary N) is 1. The van der Waals surface area contributed by atoms with Gasteiger partial charge in [0, 0.05) is 29.6 Å². The number of hydrogen-bond acceptors (Lipinski definition) is 4. The van der Waals surface area contributed by atoms with Crippen molar-refractivity contribution < 1.29 is 9.72 Å². The Balaban J connectivity index is 2.05. The molecular formula is C15H13N3O3. The van der Waals surface area contributed by atoms with Crippen molar-refractivity contribution in [2.24, 2.45) is 0 Å². The lowest BCUT2D eigenvalue weighted by Crippen LogP contribution is -2.07. The summed E-state index contributed by atoms with van der Waals surface area (Å²) in [6.07, 6.45) is 2.96. The summed E-state index contributed by atoms with van der Waals surface area (Å²) in [7, 11) is 0. The molecular weight excluding hydrogens is 270 g/mol. The van der Waals surface area contributed by atoms with Crippen molar-refractivity contribution >= 4 is 29.0 Å².